The van der Waals surface area contributed by atoms with Gasteiger partial charge in [0.15, 0.2) is 0 Å². The van der Waals surface area contributed by atoms with Crippen molar-refractivity contribution in [3.8, 4) is 0 Å². The molecule has 11 nitrogen and oxygen atoms in total. The van der Waals surface area contributed by atoms with E-state index in [-0.39, 0.29) is 39.3 Å². The lowest BCUT2D eigenvalue weighted by Crippen LogP contribution is -2.45. The van der Waals surface area contributed by atoms with Crippen molar-refractivity contribution in [2.75, 3.05) is 51.8 Å². The van der Waals surface area contributed by atoms with Gasteiger partial charge in [-0.2, -0.15) is 0 Å². The van der Waals surface area contributed by atoms with Gasteiger partial charge in [-0.05, 0) is 6.92 Å². The molecule has 142 valence electrons. The summed E-state index contributed by atoms with van der Waals surface area (Å²) in [6.07, 6.45) is -0.960. The molecule has 1 heterocycles. The Bertz CT molecular complexity index is 485. The summed E-state index contributed by atoms with van der Waals surface area (Å²) in [4.78, 5) is 52.3. The summed E-state index contributed by atoms with van der Waals surface area (Å²) in [5, 5.41) is 9.15. The molecule has 13 heteroatoms. The lowest BCUT2D eigenvalue weighted by molar-refractivity contribution is -0.142. The van der Waals surface area contributed by atoms with Crippen molar-refractivity contribution >= 4 is 21.2 Å². The predicted octanol–water partition coefficient (Wildman–Crippen LogP) is -1.35. The maximum Gasteiger partial charge on any atom is 0.339 e. The molecular weight excluding hydrogens is 364 g/mol. The molecule has 5 N–H and O–H groups in total. The van der Waals surface area contributed by atoms with E-state index in [1.165, 1.54) is 16.7 Å². The van der Waals surface area contributed by atoms with Gasteiger partial charge in [0.25, 0.3) is 0 Å². The Balaban J connectivity index is 2.88. The van der Waals surface area contributed by atoms with Crippen LogP contribution in [0.1, 0.15) is 6.92 Å². The van der Waals surface area contributed by atoms with E-state index >= 15 is 0 Å². The van der Waals surface area contributed by atoms with Gasteiger partial charge < -0.3 is 24.7 Å². The van der Waals surface area contributed by atoms with Gasteiger partial charge in [0.2, 0.25) is 0 Å². The van der Waals surface area contributed by atoms with Gasteiger partial charge in [0.1, 0.15) is 18.6 Å². The van der Waals surface area contributed by atoms with Crippen LogP contribution in [0.3, 0.4) is 0 Å². The molecule has 0 aromatic rings. The molecule has 1 fully saturated rings. The SMILES string of the molecule is CC(C(=O)O)N1CCN(CP(=O)(O)O)CCN(CP(=O)(O)O)CC1. The Morgan fingerprint density at radius 1 is 0.875 bits per heavy atom. The molecule has 1 atom stereocenters. The van der Waals surface area contributed by atoms with Gasteiger partial charge in [-0.25, -0.2) is 0 Å². The molecular formula is C11H25N3O8P2. The molecule has 0 spiro atoms. The van der Waals surface area contributed by atoms with E-state index in [9.17, 15) is 13.9 Å². The van der Waals surface area contributed by atoms with Crippen LogP contribution in [0.15, 0.2) is 0 Å². The summed E-state index contributed by atoms with van der Waals surface area (Å²) in [6.45, 7) is 3.04. The van der Waals surface area contributed by atoms with Crippen LogP contribution in [0, 0.1) is 0 Å². The lowest BCUT2D eigenvalue weighted by Gasteiger charge is -2.28. The highest BCUT2D eigenvalue weighted by molar-refractivity contribution is 7.51. The van der Waals surface area contributed by atoms with Crippen LogP contribution in [0.2, 0.25) is 0 Å². The molecule has 1 aliphatic rings. The van der Waals surface area contributed by atoms with E-state index < -0.39 is 39.8 Å². The fraction of sp³-hybridized carbons (Fsp3) is 0.909. The Morgan fingerprint density at radius 3 is 1.50 bits per heavy atom. The summed E-state index contributed by atoms with van der Waals surface area (Å²) in [5.41, 5.74) is 0. The third kappa shape index (κ3) is 8.66. The molecule has 0 aromatic heterocycles. The molecule has 0 radical (unpaired) electrons. The van der Waals surface area contributed by atoms with E-state index in [1.807, 2.05) is 0 Å². The van der Waals surface area contributed by atoms with Crippen molar-refractivity contribution in [3.63, 3.8) is 0 Å². The van der Waals surface area contributed by atoms with Crippen LogP contribution in [0.25, 0.3) is 0 Å². The van der Waals surface area contributed by atoms with Crippen LogP contribution in [0.4, 0.5) is 0 Å². The third-order valence-corrected chi connectivity index (χ3v) is 5.35. The Morgan fingerprint density at radius 2 is 1.21 bits per heavy atom. The molecule has 24 heavy (non-hydrogen) atoms. The van der Waals surface area contributed by atoms with E-state index in [1.54, 1.807) is 4.90 Å². The number of hydrogen-bond acceptors (Lipinski definition) is 6. The van der Waals surface area contributed by atoms with E-state index in [4.69, 9.17) is 24.7 Å². The van der Waals surface area contributed by atoms with Crippen molar-refractivity contribution in [3.05, 3.63) is 0 Å². The average molecular weight is 389 g/mol. The maximum atomic E-state index is 11.2. The van der Waals surface area contributed by atoms with Crippen molar-refractivity contribution in [2.45, 2.75) is 13.0 Å². The first-order chi connectivity index (χ1) is 10.9. The highest BCUT2D eigenvalue weighted by atomic mass is 31.2. The monoisotopic (exact) mass is 389 g/mol. The van der Waals surface area contributed by atoms with E-state index in [2.05, 4.69) is 0 Å². The van der Waals surface area contributed by atoms with E-state index in [0.717, 1.165) is 0 Å². The van der Waals surface area contributed by atoms with Gasteiger partial charge in [-0.1, -0.05) is 0 Å². The smallest absolute Gasteiger partial charge is 0.339 e. The van der Waals surface area contributed by atoms with Gasteiger partial charge in [0, 0.05) is 39.3 Å². The van der Waals surface area contributed by atoms with Crippen LogP contribution >= 0.6 is 15.2 Å². The second kappa shape index (κ2) is 8.84. The minimum absolute atomic E-state index is 0.223. The largest absolute Gasteiger partial charge is 0.480 e. The standard InChI is InChI=1S/C11H25N3O8P2/c1-10(11(15)16)14-6-4-12(8-23(17,18)19)2-3-13(5-7-14)9-24(20,21)22/h10H,2-9H2,1H3,(H,15,16)(H2,17,18,19)(H2,20,21,22). The molecule has 0 saturated carbocycles. The molecule has 1 unspecified atom stereocenters. The van der Waals surface area contributed by atoms with Gasteiger partial charge in [-0.3, -0.25) is 28.6 Å². The maximum absolute atomic E-state index is 11.2. The Labute approximate surface area is 140 Å². The molecule has 0 amide bonds. The highest BCUT2D eigenvalue weighted by Crippen LogP contribution is 2.36. The second-order valence-corrected chi connectivity index (χ2v) is 9.12. The third-order valence-electron chi connectivity index (χ3n) is 3.81. The minimum Gasteiger partial charge on any atom is -0.480 e. The van der Waals surface area contributed by atoms with Gasteiger partial charge in [-0.15, -0.1) is 0 Å². The first kappa shape index (κ1) is 21.7. The normalized spacial score (nSPS) is 21.7. The van der Waals surface area contributed by atoms with Crippen LogP contribution in [0.5, 0.6) is 0 Å². The second-order valence-electron chi connectivity index (χ2n) is 5.90. The first-order valence-electron chi connectivity index (χ1n) is 7.38. The summed E-state index contributed by atoms with van der Waals surface area (Å²) in [5.74, 6) is -1.03. The molecule has 0 aromatic carbocycles. The topological polar surface area (TPSA) is 162 Å². The number of nitrogens with zero attached hydrogens (tertiary/aromatic N) is 3. The van der Waals surface area contributed by atoms with Crippen LogP contribution in [-0.2, 0) is 13.9 Å². The van der Waals surface area contributed by atoms with Gasteiger partial charge >= 0.3 is 21.2 Å². The average Bonchev–Trinajstić information content (AvgIpc) is 2.47. The number of carboxylic acids is 1. The molecule has 1 saturated heterocycles. The number of carbonyl (C=O) groups is 1. The first-order valence-corrected chi connectivity index (χ1v) is 11.0. The predicted molar refractivity (Wildman–Crippen MR) is 85.6 cm³/mol. The number of hydrogen-bond donors (Lipinski definition) is 5. The number of rotatable bonds is 6. The summed E-state index contributed by atoms with van der Waals surface area (Å²) < 4.78 is 22.4. The zero-order chi connectivity index (χ0) is 18.5. The zero-order valence-corrected chi connectivity index (χ0v) is 15.2. The summed E-state index contributed by atoms with van der Waals surface area (Å²) in [6, 6.07) is -0.808. The summed E-state index contributed by atoms with van der Waals surface area (Å²) in [7, 11) is -8.57. The van der Waals surface area contributed by atoms with Crippen LogP contribution < -0.4 is 0 Å². The van der Waals surface area contributed by atoms with Crippen molar-refractivity contribution in [1.29, 1.82) is 0 Å². The van der Waals surface area contributed by atoms with Crippen LogP contribution in [-0.4, -0.2) is 103 Å². The van der Waals surface area contributed by atoms with Crippen molar-refractivity contribution in [2.24, 2.45) is 0 Å². The quantitative estimate of drug-likeness (QED) is 0.341. The lowest BCUT2D eigenvalue weighted by atomic mass is 10.2. The fourth-order valence-electron chi connectivity index (χ4n) is 2.51. The molecule has 0 aliphatic carbocycles. The molecule has 1 rings (SSSR count). The molecule has 0 bridgehead atoms. The summed E-state index contributed by atoms with van der Waals surface area (Å²) >= 11 is 0. The number of carboxylic acid groups (broad SMARTS) is 1. The van der Waals surface area contributed by atoms with Gasteiger partial charge in [0.05, 0.1) is 0 Å². The zero-order valence-electron chi connectivity index (χ0n) is 13.4. The fourth-order valence-corrected chi connectivity index (χ4v) is 4.11. The van der Waals surface area contributed by atoms with Crippen molar-refractivity contribution in [1.82, 2.24) is 14.7 Å². The Kier molecular flexibility index (Phi) is 7.99. The van der Waals surface area contributed by atoms with Crippen molar-refractivity contribution < 1.29 is 38.6 Å². The number of aliphatic carboxylic acids is 1. The molecule has 1 aliphatic heterocycles. The Hall–Kier alpha value is -0.350. The highest BCUT2D eigenvalue weighted by Gasteiger charge is 2.28. The minimum atomic E-state index is -4.29. The van der Waals surface area contributed by atoms with E-state index in [0.29, 0.717) is 0 Å².